The van der Waals surface area contributed by atoms with Crippen molar-refractivity contribution < 1.29 is 18.0 Å². The molecule has 3 heterocycles. The van der Waals surface area contributed by atoms with Gasteiger partial charge < -0.3 is 15.2 Å². The second-order valence-electron chi connectivity index (χ2n) is 8.87. The number of hydrogen-bond acceptors (Lipinski definition) is 5. The molecule has 2 N–H and O–H groups in total. The van der Waals surface area contributed by atoms with Crippen LogP contribution in [0.3, 0.4) is 0 Å². The maximum Gasteiger partial charge on any atom is 0.406 e. The largest absolute Gasteiger partial charge is 0.406 e. The number of nitrogens with zero attached hydrogens (tertiary/aromatic N) is 4. The minimum absolute atomic E-state index is 0.149. The fourth-order valence-corrected chi connectivity index (χ4v) is 5.11. The first-order chi connectivity index (χ1) is 16.2. The highest BCUT2D eigenvalue weighted by molar-refractivity contribution is 5.99. The summed E-state index contributed by atoms with van der Waals surface area (Å²) in [6.45, 7) is -1.46. The van der Waals surface area contributed by atoms with Crippen LogP contribution in [-0.2, 0) is 12.1 Å². The van der Waals surface area contributed by atoms with Crippen LogP contribution < -0.4 is 10.9 Å². The highest BCUT2D eigenvalue weighted by Gasteiger charge is 2.39. The molecule has 11 heteroatoms. The van der Waals surface area contributed by atoms with Gasteiger partial charge in [-0.1, -0.05) is 12.8 Å². The molecule has 2 aromatic heterocycles. The number of amides is 1. The lowest BCUT2D eigenvalue weighted by molar-refractivity contribution is -0.140. The van der Waals surface area contributed by atoms with E-state index in [9.17, 15) is 28.0 Å². The third kappa shape index (κ3) is 3.69. The number of aromatic nitrogens is 3. The summed E-state index contributed by atoms with van der Waals surface area (Å²) in [5, 5.41) is 17.6. The molecule has 1 aliphatic heterocycles. The zero-order valence-electron chi connectivity index (χ0n) is 18.1. The Morgan fingerprint density at radius 1 is 1.21 bits per heavy atom. The van der Waals surface area contributed by atoms with Crippen LogP contribution in [0.5, 0.6) is 0 Å². The molecule has 5 rings (SSSR count). The third-order valence-electron chi connectivity index (χ3n) is 6.61. The van der Waals surface area contributed by atoms with Crippen LogP contribution in [0.4, 0.5) is 24.7 Å². The number of alkyl halides is 3. The number of aromatic amines is 1. The Hall–Kier alpha value is -3.81. The summed E-state index contributed by atoms with van der Waals surface area (Å²) in [5.74, 6) is -0.373. The second kappa shape index (κ2) is 7.90. The van der Waals surface area contributed by atoms with Crippen molar-refractivity contribution in [3.05, 3.63) is 51.9 Å². The number of halogens is 3. The van der Waals surface area contributed by atoms with Crippen LogP contribution in [0.2, 0.25) is 0 Å². The van der Waals surface area contributed by atoms with Crippen LogP contribution in [0, 0.1) is 11.3 Å². The molecule has 0 spiro atoms. The lowest BCUT2D eigenvalue weighted by Crippen LogP contribution is -2.34. The molecule has 34 heavy (non-hydrogen) atoms. The Morgan fingerprint density at radius 3 is 2.68 bits per heavy atom. The third-order valence-corrected chi connectivity index (χ3v) is 6.61. The molecule has 0 unspecified atom stereocenters. The van der Waals surface area contributed by atoms with Crippen LogP contribution >= 0.6 is 0 Å². The first kappa shape index (κ1) is 22.0. The zero-order valence-corrected chi connectivity index (χ0v) is 18.1. The van der Waals surface area contributed by atoms with Crippen LogP contribution in [-0.4, -0.2) is 38.3 Å². The number of benzene rings is 1. The number of rotatable bonds is 5. The number of fused-ring (bicyclic) bond motifs is 2. The van der Waals surface area contributed by atoms with E-state index in [4.69, 9.17) is 5.10 Å². The summed E-state index contributed by atoms with van der Waals surface area (Å²) in [7, 11) is 0. The molecule has 0 radical (unpaired) electrons. The van der Waals surface area contributed by atoms with Gasteiger partial charge >= 0.3 is 6.18 Å². The fraction of sp³-hybridized carbons (Fsp3) is 0.391. The lowest BCUT2D eigenvalue weighted by atomic mass is 9.94. The van der Waals surface area contributed by atoms with Crippen molar-refractivity contribution in [3.63, 3.8) is 0 Å². The summed E-state index contributed by atoms with van der Waals surface area (Å²) in [6, 6.07) is 8.67. The normalized spacial score (nSPS) is 17.2. The van der Waals surface area contributed by atoms with E-state index in [0.717, 1.165) is 30.6 Å². The van der Waals surface area contributed by atoms with Crippen molar-refractivity contribution in [2.24, 2.45) is 0 Å². The van der Waals surface area contributed by atoms with Crippen molar-refractivity contribution in [3.8, 4) is 6.07 Å². The van der Waals surface area contributed by atoms with Gasteiger partial charge in [-0.25, -0.2) is 0 Å². The maximum atomic E-state index is 12.8. The van der Waals surface area contributed by atoms with Crippen LogP contribution in [0.1, 0.15) is 48.0 Å². The molecule has 176 valence electrons. The topological polar surface area (TPSA) is 107 Å². The van der Waals surface area contributed by atoms with Crippen molar-refractivity contribution in [2.45, 2.75) is 50.4 Å². The highest BCUT2D eigenvalue weighted by Crippen LogP contribution is 2.42. The SMILES string of the molecule is N#CCC1(n2nc(Nc3ccc4c(c3)CN(CC(F)(F)F)C4=O)c3c(=O)[nH]ccc32)CCCC1. The van der Waals surface area contributed by atoms with E-state index in [0.29, 0.717) is 22.2 Å². The molecule has 3 aromatic rings. The molecule has 1 saturated carbocycles. The molecule has 1 amide bonds. The number of nitriles is 1. The average molecular weight is 470 g/mol. The van der Waals surface area contributed by atoms with Gasteiger partial charge in [0.1, 0.15) is 11.9 Å². The van der Waals surface area contributed by atoms with E-state index in [1.54, 1.807) is 22.9 Å². The molecule has 1 aromatic carbocycles. The summed E-state index contributed by atoms with van der Waals surface area (Å²) in [5.41, 5.74) is 0.954. The van der Waals surface area contributed by atoms with Gasteiger partial charge in [0.05, 0.1) is 23.5 Å². The van der Waals surface area contributed by atoms with Gasteiger partial charge in [-0.2, -0.15) is 23.5 Å². The summed E-state index contributed by atoms with van der Waals surface area (Å²) < 4.78 is 40.2. The number of nitrogens with one attached hydrogen (secondary N) is 2. The van der Waals surface area contributed by atoms with Gasteiger partial charge in [0.15, 0.2) is 5.82 Å². The van der Waals surface area contributed by atoms with E-state index in [-0.39, 0.29) is 29.9 Å². The first-order valence-electron chi connectivity index (χ1n) is 10.9. The molecule has 0 bridgehead atoms. The van der Waals surface area contributed by atoms with Gasteiger partial charge in [-0.15, -0.1) is 0 Å². The number of anilines is 2. The molecule has 1 fully saturated rings. The minimum Gasteiger partial charge on any atom is -0.338 e. The predicted molar refractivity (Wildman–Crippen MR) is 118 cm³/mol. The van der Waals surface area contributed by atoms with E-state index in [1.807, 2.05) is 0 Å². The van der Waals surface area contributed by atoms with Gasteiger partial charge in [0.25, 0.3) is 11.5 Å². The molecule has 8 nitrogen and oxygen atoms in total. The number of carbonyl (C=O) groups is 1. The Bertz CT molecular complexity index is 1380. The molecule has 0 saturated heterocycles. The van der Waals surface area contributed by atoms with E-state index >= 15 is 0 Å². The number of hydrogen-bond donors (Lipinski definition) is 2. The predicted octanol–water partition coefficient (Wildman–Crippen LogP) is 4.17. The number of H-pyrrole nitrogens is 1. The summed E-state index contributed by atoms with van der Waals surface area (Å²) >= 11 is 0. The molecule has 2 aliphatic rings. The zero-order chi connectivity index (χ0) is 24.1. The standard InChI is InChI=1S/C23H21F3N6O2/c24-23(25,26)13-31-12-14-11-15(3-4-16(14)21(31)34)29-19-18-17(5-10-28-20(18)33)32(30-19)22(8-9-27)6-1-2-7-22/h3-5,10-11H,1-2,6-8,12-13H2,(H,28,33)(H,29,30). The average Bonchev–Trinajstić information content (AvgIpc) is 3.46. The molecule has 1 aliphatic carbocycles. The quantitative estimate of drug-likeness (QED) is 0.582. The van der Waals surface area contributed by atoms with Crippen LogP contribution in [0.15, 0.2) is 35.3 Å². The Balaban J connectivity index is 1.52. The lowest BCUT2D eigenvalue weighted by Gasteiger charge is -2.27. The van der Waals surface area contributed by atoms with Gasteiger partial charge in [-0.05, 0) is 42.7 Å². The summed E-state index contributed by atoms with van der Waals surface area (Å²) in [4.78, 5) is 28.5. The Kier molecular flexibility index (Phi) is 5.11. The highest BCUT2D eigenvalue weighted by atomic mass is 19.4. The number of pyridine rings is 1. The smallest absolute Gasteiger partial charge is 0.338 e. The minimum atomic E-state index is -4.48. The van der Waals surface area contributed by atoms with Crippen LogP contribution in [0.25, 0.3) is 10.9 Å². The molecular formula is C23H21F3N6O2. The monoisotopic (exact) mass is 470 g/mol. The maximum absolute atomic E-state index is 12.8. The van der Waals surface area contributed by atoms with Gasteiger partial charge in [0, 0.05) is 24.0 Å². The fourth-order valence-electron chi connectivity index (χ4n) is 5.11. The van der Waals surface area contributed by atoms with Crippen molar-refractivity contribution in [1.82, 2.24) is 19.7 Å². The molecule has 0 atom stereocenters. The first-order valence-corrected chi connectivity index (χ1v) is 10.9. The number of carbonyl (C=O) groups excluding carboxylic acids is 1. The summed E-state index contributed by atoms with van der Waals surface area (Å²) in [6.07, 6.45) is 0.804. The van der Waals surface area contributed by atoms with Gasteiger partial charge in [0.2, 0.25) is 0 Å². The van der Waals surface area contributed by atoms with E-state index in [1.165, 1.54) is 12.3 Å². The second-order valence-corrected chi connectivity index (χ2v) is 8.87. The Morgan fingerprint density at radius 2 is 1.97 bits per heavy atom. The van der Waals surface area contributed by atoms with E-state index in [2.05, 4.69) is 16.4 Å². The van der Waals surface area contributed by atoms with E-state index < -0.39 is 24.2 Å². The van der Waals surface area contributed by atoms with Crippen molar-refractivity contribution in [2.75, 3.05) is 11.9 Å². The van der Waals surface area contributed by atoms with Gasteiger partial charge in [-0.3, -0.25) is 14.3 Å². The Labute approximate surface area is 192 Å². The molecular weight excluding hydrogens is 449 g/mol. The van der Waals surface area contributed by atoms with Crippen molar-refractivity contribution >= 4 is 28.3 Å². The van der Waals surface area contributed by atoms with Crippen molar-refractivity contribution in [1.29, 1.82) is 5.26 Å².